The summed E-state index contributed by atoms with van der Waals surface area (Å²) in [4.78, 5) is 20.9. The van der Waals surface area contributed by atoms with Crippen molar-refractivity contribution < 1.29 is 4.79 Å². The topological polar surface area (TPSA) is 99.8 Å². The summed E-state index contributed by atoms with van der Waals surface area (Å²) >= 11 is 1.23. The molecule has 2 aromatic heterocycles. The molecule has 7 heteroatoms. The number of nitrogens with two attached hydrogens (primary N) is 2. The van der Waals surface area contributed by atoms with E-state index in [0.29, 0.717) is 22.4 Å². The molecule has 0 aliphatic heterocycles. The van der Waals surface area contributed by atoms with E-state index >= 15 is 0 Å². The lowest BCUT2D eigenvalue weighted by atomic mass is 10.2. The Morgan fingerprint density at radius 3 is 2.27 bits per heavy atom. The summed E-state index contributed by atoms with van der Waals surface area (Å²) in [5.74, 6) is 0.835. The Balaban J connectivity index is 1.82. The number of aryl methyl sites for hydroxylation is 2. The Hall–Kier alpha value is -2.80. The Morgan fingerprint density at radius 2 is 1.65 bits per heavy atom. The number of aromatic nitrogens is 3. The van der Waals surface area contributed by atoms with Gasteiger partial charge in [0.2, 0.25) is 0 Å². The lowest BCUT2D eigenvalue weighted by Gasteiger charge is -2.10. The van der Waals surface area contributed by atoms with Gasteiger partial charge in [0, 0.05) is 28.7 Å². The van der Waals surface area contributed by atoms with Crippen LogP contribution in [0.3, 0.4) is 0 Å². The number of hydrogen-bond acceptors (Lipinski definition) is 6. The highest BCUT2D eigenvalue weighted by atomic mass is 32.2. The van der Waals surface area contributed by atoms with Gasteiger partial charge in [-0.25, -0.2) is 9.97 Å². The molecule has 4 N–H and O–H groups in total. The molecule has 0 unspecified atom stereocenters. The first-order valence-corrected chi connectivity index (χ1v) is 9.15. The third-order valence-corrected chi connectivity index (χ3v) is 4.95. The number of thioether (sulfide) groups is 1. The molecular formula is C19H21N5OS. The van der Waals surface area contributed by atoms with Crippen LogP contribution in [-0.4, -0.2) is 26.1 Å². The molecule has 0 fully saturated rings. The Morgan fingerprint density at radius 1 is 1.04 bits per heavy atom. The molecule has 0 amide bonds. The van der Waals surface area contributed by atoms with E-state index in [-0.39, 0.29) is 11.5 Å². The standard InChI is InChI=1S/C19H21N5OS/c1-11-4-6-14(7-5-11)24-12(2)8-15(13(24)3)16(25)10-26-19-22-17(20)9-18(21)23-19/h4-9H,10H2,1-3H3,(H4,20,21,22,23). The third-order valence-electron chi connectivity index (χ3n) is 4.10. The molecule has 2 heterocycles. The molecule has 0 radical (unpaired) electrons. The van der Waals surface area contributed by atoms with E-state index in [2.05, 4.69) is 45.7 Å². The van der Waals surface area contributed by atoms with Gasteiger partial charge in [-0.2, -0.15) is 0 Å². The van der Waals surface area contributed by atoms with Crippen molar-refractivity contribution in [3.05, 3.63) is 58.9 Å². The monoisotopic (exact) mass is 367 g/mol. The van der Waals surface area contributed by atoms with Gasteiger partial charge in [0.15, 0.2) is 10.9 Å². The number of Topliss-reactive ketones (excluding diaryl/α,β-unsaturated/α-hetero) is 1. The van der Waals surface area contributed by atoms with Gasteiger partial charge >= 0.3 is 0 Å². The maximum absolute atomic E-state index is 12.7. The average molecular weight is 367 g/mol. The van der Waals surface area contributed by atoms with Crippen molar-refractivity contribution in [3.8, 4) is 5.69 Å². The number of nitrogen functional groups attached to an aromatic ring is 2. The van der Waals surface area contributed by atoms with E-state index in [1.807, 2.05) is 19.9 Å². The lowest BCUT2D eigenvalue weighted by Crippen LogP contribution is -2.07. The predicted molar refractivity (Wildman–Crippen MR) is 106 cm³/mol. The van der Waals surface area contributed by atoms with Gasteiger partial charge in [-0.3, -0.25) is 4.79 Å². The van der Waals surface area contributed by atoms with Gasteiger partial charge in [0.1, 0.15) is 11.6 Å². The molecular weight excluding hydrogens is 346 g/mol. The normalized spacial score (nSPS) is 10.9. The summed E-state index contributed by atoms with van der Waals surface area (Å²) in [6.45, 7) is 6.01. The molecule has 26 heavy (non-hydrogen) atoms. The Kier molecular flexibility index (Phi) is 4.99. The first kappa shape index (κ1) is 18.0. The highest BCUT2D eigenvalue weighted by molar-refractivity contribution is 7.99. The van der Waals surface area contributed by atoms with Crippen LogP contribution in [0.5, 0.6) is 0 Å². The number of rotatable bonds is 5. The summed E-state index contributed by atoms with van der Waals surface area (Å²) in [6.07, 6.45) is 0. The van der Waals surface area contributed by atoms with Crippen molar-refractivity contribution in [2.75, 3.05) is 17.2 Å². The van der Waals surface area contributed by atoms with Gasteiger partial charge in [0.05, 0.1) is 5.75 Å². The first-order valence-electron chi connectivity index (χ1n) is 8.17. The number of benzene rings is 1. The van der Waals surface area contributed by atoms with Crippen LogP contribution >= 0.6 is 11.8 Å². The number of ketones is 1. The highest BCUT2D eigenvalue weighted by Crippen LogP contribution is 2.24. The zero-order valence-electron chi connectivity index (χ0n) is 15.0. The summed E-state index contributed by atoms with van der Waals surface area (Å²) in [5, 5.41) is 0.406. The predicted octanol–water partition coefficient (Wildman–Crippen LogP) is 3.33. The summed E-state index contributed by atoms with van der Waals surface area (Å²) in [5.41, 5.74) is 16.2. The van der Waals surface area contributed by atoms with Crippen LogP contribution in [0.15, 0.2) is 41.6 Å². The second-order valence-corrected chi connectivity index (χ2v) is 7.11. The molecule has 0 aliphatic rings. The first-order chi connectivity index (χ1) is 12.3. The quantitative estimate of drug-likeness (QED) is 0.408. The van der Waals surface area contributed by atoms with Gasteiger partial charge in [-0.05, 0) is 39.0 Å². The fraction of sp³-hybridized carbons (Fsp3) is 0.211. The number of anilines is 2. The number of nitrogens with zero attached hydrogens (tertiary/aromatic N) is 3. The van der Waals surface area contributed by atoms with Crippen molar-refractivity contribution >= 4 is 29.2 Å². The highest BCUT2D eigenvalue weighted by Gasteiger charge is 2.17. The second-order valence-electron chi connectivity index (χ2n) is 6.17. The van der Waals surface area contributed by atoms with E-state index in [1.165, 1.54) is 23.4 Å². The fourth-order valence-corrected chi connectivity index (χ4v) is 3.63. The molecule has 0 atom stereocenters. The molecule has 3 aromatic rings. The second kappa shape index (κ2) is 7.21. The number of carbonyl (C=O) groups is 1. The number of carbonyl (C=O) groups excluding carboxylic acids is 1. The fourth-order valence-electron chi connectivity index (χ4n) is 2.87. The summed E-state index contributed by atoms with van der Waals surface area (Å²) in [6, 6.07) is 11.7. The van der Waals surface area contributed by atoms with E-state index < -0.39 is 0 Å². The molecule has 0 saturated heterocycles. The van der Waals surface area contributed by atoms with Crippen molar-refractivity contribution in [3.63, 3.8) is 0 Å². The minimum Gasteiger partial charge on any atom is -0.383 e. The van der Waals surface area contributed by atoms with Crippen LogP contribution in [0.4, 0.5) is 11.6 Å². The van der Waals surface area contributed by atoms with Gasteiger partial charge < -0.3 is 16.0 Å². The maximum atomic E-state index is 12.7. The summed E-state index contributed by atoms with van der Waals surface area (Å²) in [7, 11) is 0. The molecule has 6 nitrogen and oxygen atoms in total. The third kappa shape index (κ3) is 3.72. The molecule has 3 rings (SSSR count). The minimum absolute atomic E-state index is 0.0195. The van der Waals surface area contributed by atoms with E-state index in [0.717, 1.165) is 17.1 Å². The van der Waals surface area contributed by atoms with E-state index in [4.69, 9.17) is 11.5 Å². The molecule has 0 aliphatic carbocycles. The van der Waals surface area contributed by atoms with Crippen molar-refractivity contribution in [2.45, 2.75) is 25.9 Å². The largest absolute Gasteiger partial charge is 0.383 e. The molecule has 0 spiro atoms. The van der Waals surface area contributed by atoms with Gasteiger partial charge in [-0.15, -0.1) is 0 Å². The van der Waals surface area contributed by atoms with Gasteiger partial charge in [-0.1, -0.05) is 29.5 Å². The molecule has 1 aromatic carbocycles. The van der Waals surface area contributed by atoms with E-state index in [9.17, 15) is 4.79 Å². The minimum atomic E-state index is 0.0195. The Labute approximate surface area is 156 Å². The van der Waals surface area contributed by atoms with E-state index in [1.54, 1.807) is 0 Å². The van der Waals surface area contributed by atoms with Crippen LogP contribution in [0.1, 0.15) is 27.3 Å². The molecule has 0 bridgehead atoms. The van der Waals surface area contributed by atoms with Gasteiger partial charge in [0.25, 0.3) is 0 Å². The maximum Gasteiger partial charge on any atom is 0.191 e. The zero-order valence-corrected chi connectivity index (χ0v) is 15.8. The average Bonchev–Trinajstić information content (AvgIpc) is 2.87. The number of hydrogen-bond donors (Lipinski definition) is 2. The Bertz CT molecular complexity index is 943. The van der Waals surface area contributed by atoms with Crippen molar-refractivity contribution in [1.29, 1.82) is 0 Å². The SMILES string of the molecule is Cc1ccc(-n2c(C)cc(C(=O)CSc3nc(N)cc(N)n3)c2C)cc1. The van der Waals surface area contributed by atoms with Crippen molar-refractivity contribution in [2.24, 2.45) is 0 Å². The van der Waals surface area contributed by atoms with Crippen LogP contribution in [0.2, 0.25) is 0 Å². The lowest BCUT2D eigenvalue weighted by molar-refractivity contribution is 0.102. The van der Waals surface area contributed by atoms with Crippen LogP contribution in [-0.2, 0) is 0 Å². The van der Waals surface area contributed by atoms with Crippen molar-refractivity contribution in [1.82, 2.24) is 14.5 Å². The van der Waals surface area contributed by atoms with Crippen LogP contribution < -0.4 is 11.5 Å². The molecule has 134 valence electrons. The van der Waals surface area contributed by atoms with Crippen LogP contribution in [0, 0.1) is 20.8 Å². The smallest absolute Gasteiger partial charge is 0.191 e. The molecule has 0 saturated carbocycles. The zero-order chi connectivity index (χ0) is 18.8. The van der Waals surface area contributed by atoms with Crippen LogP contribution in [0.25, 0.3) is 5.69 Å². The summed E-state index contributed by atoms with van der Waals surface area (Å²) < 4.78 is 2.09.